The fourth-order valence-corrected chi connectivity index (χ4v) is 17.7. The highest BCUT2D eigenvalue weighted by Crippen LogP contribution is 2.50. The molecule has 0 saturated heterocycles. The quantitative estimate of drug-likeness (QED) is 0.150. The molecule has 20 rings (SSSR count). The Morgan fingerprint density at radius 1 is 0.217 bits per heavy atom. The largest absolute Gasteiger partial charge is 0.307 e. The number of nitrogens with zero attached hydrogens (tertiary/aromatic N) is 10. The summed E-state index contributed by atoms with van der Waals surface area (Å²) in [6.45, 7) is 14.9. The van der Waals surface area contributed by atoms with Crippen molar-refractivity contribution in [1.29, 1.82) is 21.0 Å². The molecule has 0 aliphatic heterocycles. The summed E-state index contributed by atoms with van der Waals surface area (Å²) in [5.41, 5.74) is 26.3. The molecule has 0 N–H and O–H groups in total. The minimum absolute atomic E-state index is 0.294. The summed E-state index contributed by atoms with van der Waals surface area (Å²) in [6, 6.07) is 99.4. The third kappa shape index (κ3) is 8.80. The zero-order valence-electron chi connectivity index (χ0n) is 59.4. The van der Waals surface area contributed by atoms with Crippen LogP contribution < -0.4 is 0 Å². The van der Waals surface area contributed by atoms with Crippen LogP contribution in [0.2, 0.25) is 0 Å². The number of hydrogen-bond acceptors (Lipinski definition) is 4. The van der Waals surface area contributed by atoms with Gasteiger partial charge in [0.05, 0.1) is 111 Å². The van der Waals surface area contributed by atoms with E-state index in [0.29, 0.717) is 51.4 Å². The fraction of sp³-hybridized carbons (Fsp3) is 0.0833. The second-order valence-corrected chi connectivity index (χ2v) is 29.1. The molecule has 6 aromatic heterocycles. The third-order valence-electron chi connectivity index (χ3n) is 22.3. The Morgan fingerprint density at radius 2 is 0.462 bits per heavy atom. The lowest BCUT2D eigenvalue weighted by Gasteiger charge is -2.27. The molecule has 0 bridgehead atoms. The molecular formula is C96H64N10. The Morgan fingerprint density at radius 3 is 0.764 bits per heavy atom. The lowest BCUT2D eigenvalue weighted by atomic mass is 9.98. The Hall–Kier alpha value is -14.2. The molecule has 10 heteroatoms. The van der Waals surface area contributed by atoms with Crippen LogP contribution in [-0.4, -0.2) is 27.4 Å². The van der Waals surface area contributed by atoms with E-state index in [1.165, 1.54) is 0 Å². The van der Waals surface area contributed by atoms with Crippen molar-refractivity contribution >= 4 is 131 Å². The Kier molecular flexibility index (Phi) is 13.3. The molecule has 0 unspecified atom stereocenters. The molecule has 0 aliphatic carbocycles. The lowest BCUT2D eigenvalue weighted by Crippen LogP contribution is -2.16. The van der Waals surface area contributed by atoms with E-state index in [4.69, 9.17) is 0 Å². The van der Waals surface area contributed by atoms with Crippen molar-refractivity contribution in [1.82, 2.24) is 27.4 Å². The highest BCUT2D eigenvalue weighted by atomic mass is 15.1. The number of aryl methyl sites for hydroxylation is 7. The number of nitriles is 4. The van der Waals surface area contributed by atoms with E-state index in [-0.39, 0.29) is 0 Å². The van der Waals surface area contributed by atoms with E-state index in [1.807, 2.05) is 24.3 Å². The van der Waals surface area contributed by atoms with Crippen molar-refractivity contribution in [3.63, 3.8) is 0 Å². The molecule has 0 saturated carbocycles. The summed E-state index contributed by atoms with van der Waals surface area (Å²) in [5.74, 6) is 0. The number of aromatic nitrogens is 6. The number of hydrogen-bond donors (Lipinski definition) is 0. The van der Waals surface area contributed by atoms with Crippen LogP contribution in [0.4, 0.5) is 0 Å². The maximum Gasteiger partial charge on any atom is 0.104 e. The maximum absolute atomic E-state index is 13.1. The summed E-state index contributed by atoms with van der Waals surface area (Å²) in [7, 11) is 0. The highest BCUT2D eigenvalue weighted by Gasteiger charge is 2.35. The van der Waals surface area contributed by atoms with Crippen molar-refractivity contribution < 1.29 is 0 Å². The molecule has 106 heavy (non-hydrogen) atoms. The minimum Gasteiger partial charge on any atom is -0.307 e. The van der Waals surface area contributed by atoms with Crippen molar-refractivity contribution in [3.8, 4) is 58.4 Å². The van der Waals surface area contributed by atoms with E-state index < -0.39 is 0 Å². The summed E-state index contributed by atoms with van der Waals surface area (Å²) in [4.78, 5) is 0. The van der Waals surface area contributed by atoms with Gasteiger partial charge in [-0.15, -0.1) is 0 Å². The van der Waals surface area contributed by atoms with Crippen molar-refractivity contribution in [3.05, 3.63) is 321 Å². The fourth-order valence-electron chi connectivity index (χ4n) is 17.7. The first-order valence-corrected chi connectivity index (χ1v) is 35.9. The van der Waals surface area contributed by atoms with Gasteiger partial charge in [-0.1, -0.05) is 154 Å². The number of para-hydroxylation sites is 3. The molecule has 0 radical (unpaired) electrons. The first kappa shape index (κ1) is 61.7. The standard InChI is InChI=1S/C96H64N10/c1-54-20-30-82-69(38-54)70-39-55(2)21-31-83(70)103(82)93-77(52-99)95(105-86-34-24-58(5)42-73(86)74-43-59(6)25-35-87(74)105)96(78(53-100)94(93)104-84-32-22-56(3)40-71(84)72-41-57(4)23-33-85(72)104)106-88-36-26-60(7)44-75(88)76-46-61(28-37-89(76)106)45-62-27-29-68-67-16-10-13-19-81(67)102(90(68)47-62)92-49-64(51-98)63(50-97)48-91(92)101-79-17-11-8-14-65(79)66-15-9-12-18-80(66)101/h8-44,46-49H,45H2,1-7H3. The monoisotopic (exact) mass is 1360 g/mol. The second kappa shape index (κ2) is 22.9. The van der Waals surface area contributed by atoms with Crippen LogP contribution in [0.15, 0.2) is 249 Å². The molecular weight excluding hydrogens is 1290 g/mol. The van der Waals surface area contributed by atoms with Crippen LogP contribution in [0, 0.1) is 93.8 Å². The van der Waals surface area contributed by atoms with E-state index in [1.54, 1.807) is 0 Å². The molecule has 0 spiro atoms. The van der Waals surface area contributed by atoms with Gasteiger partial charge >= 0.3 is 0 Å². The van der Waals surface area contributed by atoms with Gasteiger partial charge in [0.2, 0.25) is 0 Å². The zero-order valence-corrected chi connectivity index (χ0v) is 59.4. The van der Waals surface area contributed by atoms with Crippen molar-refractivity contribution in [2.24, 2.45) is 0 Å². The SMILES string of the molecule is Cc1ccc2c(c1)c1cc(C)ccc1n2-c1c(C#N)c(-n2c3ccc(C)cc3c3cc(C)ccc32)c(-n2c3ccc(C)cc3c3cc(Cc4ccc5c6ccccc6n(-c6cc(C#N)c(C#N)cc6-n6c7ccccc7c7ccccc76)c5c4)ccc32)c(C#N)c1-n1c2ccc(C)cc2c2cc(C)ccc21. The first-order chi connectivity index (χ1) is 51.8. The Labute approximate surface area is 609 Å². The molecule has 0 atom stereocenters. The Balaban J connectivity index is 0.886. The van der Waals surface area contributed by atoms with E-state index in [9.17, 15) is 21.0 Å². The number of benzene rings is 14. The molecule has 0 aliphatic rings. The molecule has 10 nitrogen and oxygen atoms in total. The minimum atomic E-state index is 0.294. The third-order valence-corrected chi connectivity index (χ3v) is 22.3. The number of rotatable bonds is 8. The van der Waals surface area contributed by atoms with Gasteiger partial charge in [-0.05, 0) is 199 Å². The van der Waals surface area contributed by atoms with Gasteiger partial charge < -0.3 is 27.4 Å². The summed E-state index contributed by atoms with van der Waals surface area (Å²) < 4.78 is 13.7. The molecule has 0 amide bonds. The van der Waals surface area contributed by atoms with Crippen LogP contribution in [0.25, 0.3) is 165 Å². The first-order valence-electron chi connectivity index (χ1n) is 35.9. The molecule has 20 aromatic rings. The van der Waals surface area contributed by atoms with Gasteiger partial charge in [-0.2, -0.15) is 21.0 Å². The topological polar surface area (TPSA) is 125 Å². The lowest BCUT2D eigenvalue weighted by molar-refractivity contribution is 1.02. The van der Waals surface area contributed by atoms with Gasteiger partial charge in [0.1, 0.15) is 35.4 Å². The summed E-state index contributed by atoms with van der Waals surface area (Å²) >= 11 is 0. The Bertz CT molecular complexity index is 7330. The molecule has 0 fully saturated rings. The number of fused-ring (bicyclic) bond motifs is 18. The van der Waals surface area contributed by atoms with Gasteiger partial charge in [-0.25, -0.2) is 0 Å². The second-order valence-electron chi connectivity index (χ2n) is 29.1. The van der Waals surface area contributed by atoms with Crippen molar-refractivity contribution in [2.75, 3.05) is 0 Å². The summed E-state index contributed by atoms with van der Waals surface area (Å²) in [6.07, 6.45) is 0.555. The van der Waals surface area contributed by atoms with Gasteiger partial charge in [-0.3, -0.25) is 0 Å². The van der Waals surface area contributed by atoms with Gasteiger partial charge in [0.15, 0.2) is 0 Å². The van der Waals surface area contributed by atoms with Crippen LogP contribution in [0.1, 0.15) is 72.3 Å². The van der Waals surface area contributed by atoms with Gasteiger partial charge in [0, 0.05) is 64.6 Å². The zero-order chi connectivity index (χ0) is 71.8. The van der Waals surface area contributed by atoms with Crippen LogP contribution in [-0.2, 0) is 6.42 Å². The smallest absolute Gasteiger partial charge is 0.104 e. The average Bonchev–Trinajstić information content (AvgIpc) is 1.47. The predicted octanol–water partition coefficient (Wildman–Crippen LogP) is 23.5. The van der Waals surface area contributed by atoms with Crippen LogP contribution in [0.5, 0.6) is 0 Å². The molecule has 6 heterocycles. The van der Waals surface area contributed by atoms with E-state index in [2.05, 4.69) is 325 Å². The molecule has 14 aromatic carbocycles. The summed E-state index contributed by atoms with van der Waals surface area (Å²) in [5, 5.41) is 60.3. The maximum atomic E-state index is 13.1. The van der Waals surface area contributed by atoms with E-state index in [0.717, 1.165) is 192 Å². The average molecular weight is 1360 g/mol. The molecule has 498 valence electrons. The van der Waals surface area contributed by atoms with Crippen molar-refractivity contribution in [2.45, 2.75) is 54.9 Å². The van der Waals surface area contributed by atoms with Gasteiger partial charge in [0.25, 0.3) is 0 Å². The van der Waals surface area contributed by atoms with E-state index >= 15 is 0 Å². The van der Waals surface area contributed by atoms with Crippen LogP contribution in [0.3, 0.4) is 0 Å². The van der Waals surface area contributed by atoms with Crippen LogP contribution >= 0.6 is 0 Å². The normalized spacial score (nSPS) is 11.9. The highest BCUT2D eigenvalue weighted by molar-refractivity contribution is 6.18. The predicted molar refractivity (Wildman–Crippen MR) is 434 cm³/mol.